The van der Waals surface area contributed by atoms with Crippen LogP contribution in [0.5, 0.6) is 11.5 Å². The Hall–Kier alpha value is -4.33. The summed E-state index contributed by atoms with van der Waals surface area (Å²) < 4.78 is 25.0. The van der Waals surface area contributed by atoms with E-state index < -0.39 is 5.95 Å². The number of carbonyl (C=O) groups is 1. The Labute approximate surface area is 196 Å². The number of rotatable bonds is 7. The van der Waals surface area contributed by atoms with E-state index in [0.717, 1.165) is 11.1 Å². The number of hydrogen-bond acceptors (Lipinski definition) is 6. The lowest BCUT2D eigenvalue weighted by Gasteiger charge is -2.13. The van der Waals surface area contributed by atoms with Crippen LogP contribution in [0, 0.1) is 12.9 Å². The first-order chi connectivity index (χ1) is 16.5. The van der Waals surface area contributed by atoms with Gasteiger partial charge in [-0.1, -0.05) is 12.1 Å². The van der Waals surface area contributed by atoms with Crippen LogP contribution in [0.2, 0.25) is 0 Å². The van der Waals surface area contributed by atoms with Gasteiger partial charge in [0.25, 0.3) is 5.91 Å². The Bertz CT molecular complexity index is 1330. The number of nitrogens with zero attached hydrogens (tertiary/aromatic N) is 3. The largest absolute Gasteiger partial charge is 0.493 e. The molecule has 0 saturated carbocycles. The lowest BCUT2D eigenvalue weighted by molar-refractivity contribution is 0.0951. The molecule has 0 atom stereocenters. The Morgan fingerprint density at radius 1 is 0.971 bits per heavy atom. The minimum Gasteiger partial charge on any atom is -0.493 e. The van der Waals surface area contributed by atoms with Gasteiger partial charge in [-0.15, -0.1) is 0 Å². The van der Waals surface area contributed by atoms with Crippen molar-refractivity contribution in [2.45, 2.75) is 13.5 Å². The van der Waals surface area contributed by atoms with Crippen molar-refractivity contribution in [3.63, 3.8) is 0 Å². The van der Waals surface area contributed by atoms with Crippen LogP contribution in [-0.4, -0.2) is 35.1 Å². The van der Waals surface area contributed by atoms with E-state index in [1.165, 1.54) is 12.4 Å². The molecule has 1 N–H and O–H groups in total. The number of aryl methyl sites for hydroxylation is 1. The molecule has 3 aromatic heterocycles. The molecule has 34 heavy (non-hydrogen) atoms. The van der Waals surface area contributed by atoms with Crippen LogP contribution < -0.4 is 14.8 Å². The van der Waals surface area contributed by atoms with E-state index in [-0.39, 0.29) is 23.6 Å². The molecule has 0 spiro atoms. The molecule has 0 radical (unpaired) electrons. The fourth-order valence-corrected chi connectivity index (χ4v) is 3.52. The minimum atomic E-state index is -0.630. The number of benzene rings is 1. The third-order valence-electron chi connectivity index (χ3n) is 5.23. The fourth-order valence-electron chi connectivity index (χ4n) is 3.52. The third kappa shape index (κ3) is 4.85. The van der Waals surface area contributed by atoms with Gasteiger partial charge in [0.2, 0.25) is 5.95 Å². The summed E-state index contributed by atoms with van der Waals surface area (Å²) in [6.45, 7) is 2.06. The van der Waals surface area contributed by atoms with Gasteiger partial charge in [-0.3, -0.25) is 14.8 Å². The molecule has 0 bridgehead atoms. The van der Waals surface area contributed by atoms with Crippen molar-refractivity contribution in [1.29, 1.82) is 0 Å². The highest BCUT2D eigenvalue weighted by Gasteiger charge is 2.18. The molecule has 1 aromatic carbocycles. The van der Waals surface area contributed by atoms with Gasteiger partial charge in [0, 0.05) is 36.3 Å². The predicted octanol–water partition coefficient (Wildman–Crippen LogP) is 4.60. The van der Waals surface area contributed by atoms with E-state index in [9.17, 15) is 9.18 Å². The van der Waals surface area contributed by atoms with Crippen molar-refractivity contribution in [2.24, 2.45) is 0 Å². The van der Waals surface area contributed by atoms with Crippen LogP contribution >= 0.6 is 0 Å². The molecule has 4 rings (SSSR count). The smallest absolute Gasteiger partial charge is 0.253 e. The predicted molar refractivity (Wildman–Crippen MR) is 126 cm³/mol. The second kappa shape index (κ2) is 10.1. The van der Waals surface area contributed by atoms with Crippen LogP contribution in [-0.2, 0) is 6.54 Å². The Morgan fingerprint density at radius 2 is 1.79 bits per heavy atom. The third-order valence-corrected chi connectivity index (χ3v) is 5.23. The zero-order chi connectivity index (χ0) is 24.1. The second-order valence-corrected chi connectivity index (χ2v) is 7.56. The van der Waals surface area contributed by atoms with E-state index >= 15 is 0 Å². The molecule has 0 saturated heterocycles. The average molecular weight is 458 g/mol. The maximum absolute atomic E-state index is 14.4. The molecule has 0 aliphatic carbocycles. The van der Waals surface area contributed by atoms with Gasteiger partial charge in [0.1, 0.15) is 5.69 Å². The van der Waals surface area contributed by atoms with Gasteiger partial charge in [-0.2, -0.15) is 4.39 Å². The molecule has 0 aliphatic heterocycles. The first kappa shape index (κ1) is 22.8. The SMILES string of the molecule is COc1ccc(CNC(=O)c2cc(-c3cc(C)cnc3F)cnc2-c2ccccn2)cc1OC. The van der Waals surface area contributed by atoms with Gasteiger partial charge in [-0.05, 0) is 54.4 Å². The van der Waals surface area contributed by atoms with Crippen LogP contribution in [0.3, 0.4) is 0 Å². The highest BCUT2D eigenvalue weighted by atomic mass is 19.1. The topological polar surface area (TPSA) is 86.2 Å². The van der Waals surface area contributed by atoms with Crippen LogP contribution in [0.4, 0.5) is 4.39 Å². The summed E-state index contributed by atoms with van der Waals surface area (Å²) in [7, 11) is 3.11. The number of pyridine rings is 3. The zero-order valence-corrected chi connectivity index (χ0v) is 19.0. The quantitative estimate of drug-likeness (QED) is 0.408. The summed E-state index contributed by atoms with van der Waals surface area (Å²) >= 11 is 0. The van der Waals surface area contributed by atoms with Crippen LogP contribution in [0.15, 0.2) is 67.1 Å². The highest BCUT2D eigenvalue weighted by Crippen LogP contribution is 2.29. The summed E-state index contributed by atoms with van der Waals surface area (Å²) in [5, 5.41) is 2.91. The van der Waals surface area contributed by atoms with Gasteiger partial charge in [-0.25, -0.2) is 4.98 Å². The maximum atomic E-state index is 14.4. The van der Waals surface area contributed by atoms with E-state index in [2.05, 4.69) is 20.3 Å². The molecule has 7 nitrogen and oxygen atoms in total. The summed E-state index contributed by atoms with van der Waals surface area (Å²) in [5.74, 6) is 0.163. The van der Waals surface area contributed by atoms with E-state index in [0.29, 0.717) is 28.5 Å². The molecular weight excluding hydrogens is 435 g/mol. The molecule has 1 amide bonds. The van der Waals surface area contributed by atoms with Crippen molar-refractivity contribution in [3.05, 3.63) is 89.8 Å². The Morgan fingerprint density at radius 3 is 2.53 bits per heavy atom. The van der Waals surface area contributed by atoms with E-state index in [1.807, 2.05) is 19.1 Å². The van der Waals surface area contributed by atoms with Crippen molar-refractivity contribution in [1.82, 2.24) is 20.3 Å². The van der Waals surface area contributed by atoms with Crippen LogP contribution in [0.1, 0.15) is 21.5 Å². The average Bonchev–Trinajstić information content (AvgIpc) is 2.88. The molecular formula is C26H23FN4O3. The number of halogens is 1. The van der Waals surface area contributed by atoms with E-state index in [4.69, 9.17) is 9.47 Å². The van der Waals surface area contributed by atoms with Gasteiger partial charge in [0.15, 0.2) is 11.5 Å². The Balaban J connectivity index is 1.69. The number of hydrogen-bond donors (Lipinski definition) is 1. The van der Waals surface area contributed by atoms with Gasteiger partial charge in [0.05, 0.1) is 25.5 Å². The number of methoxy groups -OCH3 is 2. The van der Waals surface area contributed by atoms with Crippen molar-refractivity contribution < 1.29 is 18.7 Å². The molecule has 0 unspecified atom stereocenters. The van der Waals surface area contributed by atoms with E-state index in [1.54, 1.807) is 56.8 Å². The van der Waals surface area contributed by atoms with Gasteiger partial charge < -0.3 is 14.8 Å². The Kier molecular flexibility index (Phi) is 6.77. The summed E-state index contributed by atoms with van der Waals surface area (Å²) in [4.78, 5) is 25.9. The lowest BCUT2D eigenvalue weighted by Crippen LogP contribution is -2.24. The first-order valence-corrected chi connectivity index (χ1v) is 10.5. The van der Waals surface area contributed by atoms with Crippen molar-refractivity contribution >= 4 is 5.91 Å². The summed E-state index contributed by atoms with van der Waals surface area (Å²) in [6, 6.07) is 14.0. The molecule has 172 valence electrons. The summed E-state index contributed by atoms with van der Waals surface area (Å²) in [6.07, 6.45) is 4.60. The molecule has 4 aromatic rings. The molecule has 0 aliphatic rings. The minimum absolute atomic E-state index is 0.242. The molecule has 0 fully saturated rings. The molecule has 8 heteroatoms. The van der Waals surface area contributed by atoms with Gasteiger partial charge >= 0.3 is 0 Å². The number of ether oxygens (including phenoxy) is 2. The summed E-state index contributed by atoms with van der Waals surface area (Å²) in [5.41, 5.74) is 3.55. The monoisotopic (exact) mass is 458 g/mol. The van der Waals surface area contributed by atoms with Crippen molar-refractivity contribution in [3.8, 4) is 34.0 Å². The first-order valence-electron chi connectivity index (χ1n) is 10.5. The number of nitrogens with one attached hydrogen (secondary N) is 1. The van der Waals surface area contributed by atoms with Crippen molar-refractivity contribution in [2.75, 3.05) is 14.2 Å². The number of aromatic nitrogens is 3. The zero-order valence-electron chi connectivity index (χ0n) is 19.0. The maximum Gasteiger partial charge on any atom is 0.253 e. The second-order valence-electron chi connectivity index (χ2n) is 7.56. The van der Waals surface area contributed by atoms with Crippen LogP contribution in [0.25, 0.3) is 22.5 Å². The highest BCUT2D eigenvalue weighted by molar-refractivity contribution is 6.00. The lowest BCUT2D eigenvalue weighted by atomic mass is 10.0. The number of amides is 1. The molecule has 3 heterocycles. The standard InChI is InChI=1S/C26H23FN4O3/c1-16-10-19(25(27)30-13-16)18-12-20(24(29-15-18)21-6-4-5-9-28-21)26(32)31-14-17-7-8-22(33-2)23(11-17)34-3/h4-13,15H,14H2,1-3H3,(H,31,32). The fraction of sp³-hybridized carbons (Fsp3) is 0.154. The normalized spacial score (nSPS) is 10.6. The number of carbonyl (C=O) groups excluding carboxylic acids is 1.